The number of ether oxygens (including phenoxy) is 5. The first kappa shape index (κ1) is 47.5. The molecule has 0 aliphatic carbocycles. The lowest BCUT2D eigenvalue weighted by Crippen LogP contribution is -2.64. The fourth-order valence-corrected chi connectivity index (χ4v) is 9.57. The van der Waals surface area contributed by atoms with Gasteiger partial charge in [0.05, 0.1) is 35.9 Å². The van der Waals surface area contributed by atoms with Gasteiger partial charge in [-0.15, -0.1) is 0 Å². The normalized spacial score (nSPS) is 38.5. The Balaban J connectivity index is 1.48. The Labute approximate surface area is 354 Å². The number of aliphatic hydroxyl groups excluding tert-OH is 1. The Morgan fingerprint density at radius 1 is 1.07 bits per heavy atom. The molecule has 336 valence electrons. The van der Waals surface area contributed by atoms with E-state index < -0.39 is 83.2 Å². The van der Waals surface area contributed by atoms with E-state index in [0.717, 1.165) is 18.2 Å². The Bertz CT molecular complexity index is 1780. The maximum atomic E-state index is 16.9. The molecule has 4 heterocycles. The minimum absolute atomic E-state index is 0.210. The van der Waals surface area contributed by atoms with E-state index in [-0.39, 0.29) is 24.5 Å². The van der Waals surface area contributed by atoms with Crippen molar-refractivity contribution in [3.63, 3.8) is 0 Å². The SMILES string of the molecule is CCN(CCCn1cnc(-c2ccccc2)c1)N1C(=O)O[C@]2(C)[C@@H](C)OC(=O)C(C)(F)C(=O)[C@H](C)[C@@H](O[C@@H]3O[C@H](C)C[C@H](N(C)C)[C@H]3O)[C@@](C)(OC)C[C@@H](C)C(N)[C@H](C)[C@@H]12. The number of fused-ring (bicyclic) bond motifs is 1. The molecule has 1 aromatic heterocycles. The molecular formula is C44H69FN6O9. The first-order valence-electron chi connectivity index (χ1n) is 21.4. The number of nitrogens with zero attached hydrogens (tertiary/aromatic N) is 5. The highest BCUT2D eigenvalue weighted by Crippen LogP contribution is 2.44. The first-order valence-corrected chi connectivity index (χ1v) is 21.4. The second-order valence-electron chi connectivity index (χ2n) is 18.1. The number of rotatable bonds is 11. The molecule has 0 bridgehead atoms. The number of likely N-dealkylation sites (N-methyl/N-ethyl adjacent to an activating group) is 1. The van der Waals surface area contributed by atoms with Gasteiger partial charge in [-0.25, -0.2) is 29.0 Å². The highest BCUT2D eigenvalue weighted by molar-refractivity contribution is 6.07. The van der Waals surface area contributed by atoms with E-state index in [1.54, 1.807) is 25.2 Å². The Kier molecular flexibility index (Phi) is 14.9. The van der Waals surface area contributed by atoms with E-state index in [0.29, 0.717) is 32.5 Å². The van der Waals surface area contributed by atoms with Crippen LogP contribution in [0.2, 0.25) is 0 Å². The monoisotopic (exact) mass is 845 g/mol. The molecule has 2 aromatic rings. The van der Waals surface area contributed by atoms with Crippen molar-refractivity contribution < 1.29 is 47.6 Å². The molecule has 15 nitrogen and oxygen atoms in total. The summed E-state index contributed by atoms with van der Waals surface area (Å²) in [7, 11) is 5.16. The molecule has 60 heavy (non-hydrogen) atoms. The number of carbonyl (C=O) groups excluding carboxylic acids is 3. The van der Waals surface area contributed by atoms with E-state index in [1.807, 2.05) is 92.8 Å². The van der Waals surface area contributed by atoms with E-state index in [9.17, 15) is 19.5 Å². The van der Waals surface area contributed by atoms with Crippen LogP contribution in [0.1, 0.15) is 81.6 Å². The average molecular weight is 845 g/mol. The number of halogens is 1. The fourth-order valence-electron chi connectivity index (χ4n) is 9.57. The molecule has 14 atom stereocenters. The van der Waals surface area contributed by atoms with Crippen molar-refractivity contribution in [2.75, 3.05) is 34.3 Å². The lowest BCUT2D eigenvalue weighted by atomic mass is 9.72. The summed E-state index contributed by atoms with van der Waals surface area (Å²) in [5, 5.41) is 14.9. The van der Waals surface area contributed by atoms with Crippen molar-refractivity contribution in [2.24, 2.45) is 23.5 Å². The molecule has 5 rings (SSSR count). The van der Waals surface area contributed by atoms with Crippen molar-refractivity contribution in [2.45, 2.75) is 154 Å². The number of hydrogen-bond acceptors (Lipinski definition) is 13. The number of esters is 1. The summed E-state index contributed by atoms with van der Waals surface area (Å²) >= 11 is 0. The molecular weight excluding hydrogens is 776 g/mol. The van der Waals surface area contributed by atoms with Gasteiger partial charge in [0.2, 0.25) is 0 Å². The lowest BCUT2D eigenvalue weighted by Gasteiger charge is -2.48. The average Bonchev–Trinajstić information content (AvgIpc) is 3.79. The molecule has 2 unspecified atom stereocenters. The number of cyclic esters (lactones) is 1. The zero-order valence-electron chi connectivity index (χ0n) is 37.5. The molecule has 1 aromatic carbocycles. The molecule has 3 aliphatic heterocycles. The number of hydrogen-bond donors (Lipinski definition) is 2. The Morgan fingerprint density at radius 2 is 1.73 bits per heavy atom. The second-order valence-corrected chi connectivity index (χ2v) is 18.1. The molecule has 0 spiro atoms. The van der Waals surface area contributed by atoms with Crippen molar-refractivity contribution in [3.05, 3.63) is 42.9 Å². The number of imidazole rings is 1. The van der Waals surface area contributed by atoms with Crippen LogP contribution in [0.3, 0.4) is 0 Å². The molecule has 0 saturated carbocycles. The van der Waals surface area contributed by atoms with Gasteiger partial charge < -0.3 is 44.0 Å². The smallest absolute Gasteiger partial charge is 0.425 e. The number of nitrogens with two attached hydrogens (primary N) is 1. The molecule has 16 heteroatoms. The molecule has 1 amide bonds. The number of aryl methyl sites for hydroxylation is 1. The van der Waals surface area contributed by atoms with Crippen molar-refractivity contribution in [1.82, 2.24) is 24.5 Å². The summed E-state index contributed by atoms with van der Waals surface area (Å²) in [6.07, 6.45) is -0.549. The molecule has 3 N–H and O–H groups in total. The summed E-state index contributed by atoms with van der Waals surface area (Å²) in [4.78, 5) is 48.8. The zero-order chi connectivity index (χ0) is 44.5. The standard InChI is InChI=1S/C44H69FN6O9/c1-13-50(21-17-20-49-24-32(47-25-49)31-18-15-14-16-19-31)51-36-28(4)34(46)26(2)23-42(7,56-12)38(59-39-35(52)33(48(10)11)22-27(3)57-39)29(5)37(53)43(8,45)40(54)58-30(6)44(36,9)60-41(51)55/h14-16,18-19,24-30,33-36,38-39,52H,13,17,20-23,46H2,1-12H3/t26-,27-,28+,29+,30-,33+,34?,35-,36-,38-,39+,42+,43?,44-/m1/s1. The third-order valence-electron chi connectivity index (χ3n) is 13.5. The van der Waals surface area contributed by atoms with Gasteiger partial charge in [0, 0.05) is 56.5 Å². The van der Waals surface area contributed by atoms with Gasteiger partial charge in [0.1, 0.15) is 12.2 Å². The zero-order valence-corrected chi connectivity index (χ0v) is 37.5. The number of hydrazine groups is 1. The molecule has 3 saturated heterocycles. The third-order valence-corrected chi connectivity index (χ3v) is 13.5. The summed E-state index contributed by atoms with van der Waals surface area (Å²) < 4.78 is 49.8. The summed E-state index contributed by atoms with van der Waals surface area (Å²) in [5.74, 6) is -4.66. The Morgan fingerprint density at radius 3 is 2.35 bits per heavy atom. The van der Waals surface area contributed by atoms with Crippen LogP contribution in [0.5, 0.6) is 0 Å². The minimum atomic E-state index is -3.15. The van der Waals surface area contributed by atoms with Crippen LogP contribution >= 0.6 is 0 Å². The quantitative estimate of drug-likeness (QED) is 0.233. The van der Waals surface area contributed by atoms with E-state index in [1.165, 1.54) is 21.0 Å². The van der Waals surface area contributed by atoms with Crippen molar-refractivity contribution in [3.8, 4) is 11.3 Å². The number of alkyl halides is 1. The predicted octanol–water partition coefficient (Wildman–Crippen LogP) is 4.84. The van der Waals surface area contributed by atoms with E-state index >= 15 is 4.39 Å². The first-order chi connectivity index (χ1) is 28.1. The number of ketones is 1. The van der Waals surface area contributed by atoms with Crippen molar-refractivity contribution >= 4 is 17.8 Å². The van der Waals surface area contributed by atoms with Crippen LogP contribution in [-0.4, -0.2) is 147 Å². The van der Waals surface area contributed by atoms with E-state index in [2.05, 4.69) is 4.98 Å². The number of carbonyl (C=O) groups is 3. The number of aliphatic hydroxyl groups is 1. The van der Waals surface area contributed by atoms with Crippen LogP contribution < -0.4 is 5.73 Å². The minimum Gasteiger partial charge on any atom is -0.456 e. The highest BCUT2D eigenvalue weighted by Gasteiger charge is 2.62. The number of aromatic nitrogens is 2. The van der Waals surface area contributed by atoms with Gasteiger partial charge in [0.25, 0.3) is 5.67 Å². The van der Waals surface area contributed by atoms with Gasteiger partial charge in [-0.1, -0.05) is 58.0 Å². The Hall–Kier alpha value is -3.51. The number of methoxy groups -OCH3 is 1. The molecule has 0 radical (unpaired) electrons. The van der Waals surface area contributed by atoms with Crippen LogP contribution in [0, 0.1) is 17.8 Å². The maximum Gasteiger partial charge on any atom is 0.425 e. The van der Waals surface area contributed by atoms with E-state index in [4.69, 9.17) is 29.4 Å². The second kappa shape index (κ2) is 18.9. The largest absolute Gasteiger partial charge is 0.456 e. The maximum absolute atomic E-state index is 16.9. The van der Waals surface area contributed by atoms with Crippen LogP contribution in [0.15, 0.2) is 42.9 Å². The third kappa shape index (κ3) is 9.44. The topological polar surface area (TPSA) is 171 Å². The molecule has 3 fully saturated rings. The number of benzene rings is 1. The van der Waals surface area contributed by atoms with Crippen molar-refractivity contribution in [1.29, 1.82) is 0 Å². The highest BCUT2D eigenvalue weighted by atomic mass is 19.1. The van der Waals surface area contributed by atoms with Crippen LogP contribution in [-0.2, 0) is 39.8 Å². The summed E-state index contributed by atoms with van der Waals surface area (Å²) in [5.41, 5.74) is 3.10. The number of amides is 1. The summed E-state index contributed by atoms with van der Waals surface area (Å²) in [6, 6.07) is 8.17. The van der Waals surface area contributed by atoms with Gasteiger partial charge in [-0.05, 0) is 79.8 Å². The van der Waals surface area contributed by atoms with Gasteiger partial charge in [-0.3, -0.25) is 4.79 Å². The summed E-state index contributed by atoms with van der Waals surface area (Å²) in [6.45, 7) is 16.5. The predicted molar refractivity (Wildman–Crippen MR) is 223 cm³/mol. The van der Waals surface area contributed by atoms with Crippen LogP contribution in [0.4, 0.5) is 9.18 Å². The van der Waals surface area contributed by atoms with Gasteiger partial charge >= 0.3 is 12.1 Å². The van der Waals surface area contributed by atoms with Gasteiger partial charge in [-0.2, -0.15) is 0 Å². The lowest BCUT2D eigenvalue weighted by molar-refractivity contribution is -0.296. The molecule has 3 aliphatic rings. The fraction of sp³-hybridized carbons (Fsp3) is 0.727. The van der Waals surface area contributed by atoms with Gasteiger partial charge in [0.15, 0.2) is 17.7 Å². The van der Waals surface area contributed by atoms with Crippen LogP contribution in [0.25, 0.3) is 11.3 Å². The number of Topliss-reactive ketones (excluding diaryl/α,β-unsaturated/α-hetero) is 1.